The fourth-order valence-electron chi connectivity index (χ4n) is 4.19. The van der Waals surface area contributed by atoms with Crippen molar-refractivity contribution in [2.24, 2.45) is 0 Å². The Bertz CT molecular complexity index is 1510. The second-order valence-corrected chi connectivity index (χ2v) is 10.1. The number of thiophene rings is 1. The molecular weight excluding hydrogens is 472 g/mol. The van der Waals surface area contributed by atoms with Gasteiger partial charge in [-0.15, -0.1) is 11.3 Å². The number of H-pyrrole nitrogens is 1. The Morgan fingerprint density at radius 2 is 2.03 bits per heavy atom. The van der Waals surface area contributed by atoms with E-state index in [1.807, 2.05) is 30.3 Å². The Kier molecular flexibility index (Phi) is 5.96. The maximum atomic E-state index is 13.1. The number of aromatic nitrogens is 4. The molecule has 0 fully saturated rings. The van der Waals surface area contributed by atoms with E-state index in [1.165, 1.54) is 45.0 Å². The van der Waals surface area contributed by atoms with E-state index in [1.54, 1.807) is 11.3 Å². The summed E-state index contributed by atoms with van der Waals surface area (Å²) in [6, 6.07) is 9.28. The number of nitrogens with two attached hydrogens (primary N) is 1. The van der Waals surface area contributed by atoms with Gasteiger partial charge in [0.05, 0.1) is 12.3 Å². The summed E-state index contributed by atoms with van der Waals surface area (Å²) in [6.07, 6.45) is 4.70. The molecule has 4 aromatic rings. The number of carbonyl (C=O) groups is 1. The van der Waals surface area contributed by atoms with Crippen molar-refractivity contribution in [2.45, 2.75) is 30.8 Å². The standard InChI is InChI=1S/C23H22N6O3S2/c1-28(18-19(24)29(23(32)27-20(18)31)10-13-6-3-2-4-7-13)16(30)11-33-21-17-14-8-5-9-15(14)34-22(17)26-12-25-21/h2-4,6-7,12H,5,8-11,24H2,1H3,(H,27,31,32). The highest BCUT2D eigenvalue weighted by Gasteiger charge is 2.24. The third-order valence-electron chi connectivity index (χ3n) is 5.91. The molecule has 1 amide bonds. The van der Waals surface area contributed by atoms with E-state index in [-0.39, 0.29) is 29.7 Å². The van der Waals surface area contributed by atoms with Crippen LogP contribution in [0.15, 0.2) is 51.3 Å². The van der Waals surface area contributed by atoms with Crippen molar-refractivity contribution in [3.8, 4) is 0 Å². The molecule has 0 saturated carbocycles. The number of rotatable bonds is 6. The van der Waals surface area contributed by atoms with Crippen molar-refractivity contribution in [3.63, 3.8) is 0 Å². The molecule has 0 aliphatic heterocycles. The number of nitrogens with one attached hydrogen (secondary N) is 1. The van der Waals surface area contributed by atoms with Crippen molar-refractivity contribution in [1.82, 2.24) is 19.5 Å². The zero-order chi connectivity index (χ0) is 23.8. The largest absolute Gasteiger partial charge is 0.383 e. The van der Waals surface area contributed by atoms with Crippen molar-refractivity contribution in [2.75, 3.05) is 23.4 Å². The SMILES string of the molecule is CN(C(=O)CSc1ncnc2sc3c(c12)CCC3)c1c(N)n(Cc2ccccc2)c(=O)[nH]c1=O. The lowest BCUT2D eigenvalue weighted by molar-refractivity contribution is -0.115. The molecule has 1 aliphatic rings. The number of anilines is 2. The smallest absolute Gasteiger partial charge is 0.330 e. The van der Waals surface area contributed by atoms with Gasteiger partial charge in [0.25, 0.3) is 5.56 Å². The first-order valence-electron chi connectivity index (χ1n) is 10.7. The summed E-state index contributed by atoms with van der Waals surface area (Å²) in [5.74, 6) is -0.325. The molecule has 1 aromatic carbocycles. The molecule has 0 radical (unpaired) electrons. The van der Waals surface area contributed by atoms with Crippen molar-refractivity contribution in [1.29, 1.82) is 0 Å². The minimum Gasteiger partial charge on any atom is -0.383 e. The molecule has 3 heterocycles. The number of fused-ring (bicyclic) bond motifs is 3. The molecular formula is C23H22N6O3S2. The second-order valence-electron chi connectivity index (χ2n) is 8.02. The molecule has 1 aliphatic carbocycles. The lowest BCUT2D eigenvalue weighted by atomic mass is 10.2. The number of hydrogen-bond donors (Lipinski definition) is 2. The molecule has 5 rings (SSSR count). The summed E-state index contributed by atoms with van der Waals surface area (Å²) < 4.78 is 1.26. The average molecular weight is 495 g/mol. The van der Waals surface area contributed by atoms with Crippen LogP contribution in [0.25, 0.3) is 10.2 Å². The van der Waals surface area contributed by atoms with Gasteiger partial charge in [-0.25, -0.2) is 14.8 Å². The lowest BCUT2D eigenvalue weighted by Crippen LogP contribution is -2.40. The minimum absolute atomic E-state index is 0.0506. The normalized spacial score (nSPS) is 12.7. The van der Waals surface area contributed by atoms with Crippen molar-refractivity contribution < 1.29 is 4.79 Å². The monoisotopic (exact) mass is 494 g/mol. The molecule has 0 spiro atoms. The highest BCUT2D eigenvalue weighted by atomic mass is 32.2. The quantitative estimate of drug-likeness (QED) is 0.311. The van der Waals surface area contributed by atoms with Gasteiger partial charge in [-0.05, 0) is 30.4 Å². The van der Waals surface area contributed by atoms with E-state index in [9.17, 15) is 14.4 Å². The van der Waals surface area contributed by atoms with E-state index in [4.69, 9.17) is 5.73 Å². The molecule has 0 unspecified atom stereocenters. The number of nitrogen functional groups attached to an aromatic ring is 1. The second kappa shape index (κ2) is 9.07. The predicted molar refractivity (Wildman–Crippen MR) is 135 cm³/mol. The zero-order valence-corrected chi connectivity index (χ0v) is 20.0. The Balaban J connectivity index is 1.40. The molecule has 0 saturated heterocycles. The summed E-state index contributed by atoms with van der Waals surface area (Å²) in [6.45, 7) is 0.175. The Labute approximate surface area is 202 Å². The van der Waals surface area contributed by atoms with Crippen LogP contribution in [-0.2, 0) is 24.2 Å². The number of aryl methyl sites for hydroxylation is 2. The third kappa shape index (κ3) is 4.01. The fraction of sp³-hybridized carbons (Fsp3) is 0.261. The van der Waals surface area contributed by atoms with Gasteiger partial charge in [0.2, 0.25) is 5.91 Å². The van der Waals surface area contributed by atoms with Crippen LogP contribution in [0.2, 0.25) is 0 Å². The molecule has 3 N–H and O–H groups in total. The first-order valence-corrected chi connectivity index (χ1v) is 12.6. The predicted octanol–water partition coefficient (Wildman–Crippen LogP) is 2.42. The van der Waals surface area contributed by atoms with E-state index in [2.05, 4.69) is 15.0 Å². The number of thioether (sulfide) groups is 1. The molecule has 11 heteroatoms. The van der Waals surface area contributed by atoms with Crippen LogP contribution in [0.1, 0.15) is 22.4 Å². The van der Waals surface area contributed by atoms with Gasteiger partial charge in [0.1, 0.15) is 22.0 Å². The van der Waals surface area contributed by atoms with Crippen molar-refractivity contribution in [3.05, 3.63) is 73.5 Å². The number of amides is 1. The van der Waals surface area contributed by atoms with Crippen LogP contribution in [0, 0.1) is 0 Å². The third-order valence-corrected chi connectivity index (χ3v) is 8.08. The van der Waals surface area contributed by atoms with Crippen LogP contribution in [0.3, 0.4) is 0 Å². The zero-order valence-electron chi connectivity index (χ0n) is 18.4. The molecule has 3 aromatic heterocycles. The number of aromatic amines is 1. The number of benzene rings is 1. The van der Waals surface area contributed by atoms with E-state index < -0.39 is 11.2 Å². The summed E-state index contributed by atoms with van der Waals surface area (Å²) in [5, 5.41) is 1.80. The van der Waals surface area contributed by atoms with Gasteiger partial charge in [0.15, 0.2) is 5.69 Å². The lowest BCUT2D eigenvalue weighted by Gasteiger charge is -2.20. The van der Waals surface area contributed by atoms with E-state index in [0.29, 0.717) is 0 Å². The number of carbonyl (C=O) groups excluding carboxylic acids is 1. The Hall–Kier alpha value is -3.44. The number of hydrogen-bond acceptors (Lipinski definition) is 8. The maximum absolute atomic E-state index is 13.1. The van der Waals surface area contributed by atoms with Gasteiger partial charge < -0.3 is 10.6 Å². The van der Waals surface area contributed by atoms with Gasteiger partial charge in [-0.1, -0.05) is 42.1 Å². The summed E-state index contributed by atoms with van der Waals surface area (Å²) in [5.41, 5.74) is 6.98. The van der Waals surface area contributed by atoms with Gasteiger partial charge in [-0.2, -0.15) is 0 Å². The topological polar surface area (TPSA) is 127 Å². The molecule has 0 atom stereocenters. The van der Waals surface area contributed by atoms with Crippen LogP contribution in [0.5, 0.6) is 0 Å². The molecule has 174 valence electrons. The van der Waals surface area contributed by atoms with E-state index >= 15 is 0 Å². The first-order chi connectivity index (χ1) is 16.4. The van der Waals surface area contributed by atoms with E-state index in [0.717, 1.165) is 40.1 Å². The molecule has 9 nitrogen and oxygen atoms in total. The van der Waals surface area contributed by atoms with Crippen LogP contribution >= 0.6 is 23.1 Å². The highest BCUT2D eigenvalue weighted by molar-refractivity contribution is 8.00. The highest BCUT2D eigenvalue weighted by Crippen LogP contribution is 2.40. The van der Waals surface area contributed by atoms with Gasteiger partial charge in [0, 0.05) is 17.3 Å². The summed E-state index contributed by atoms with van der Waals surface area (Å²) in [7, 11) is 1.49. The maximum Gasteiger partial charge on any atom is 0.330 e. The van der Waals surface area contributed by atoms with Gasteiger partial charge >= 0.3 is 5.69 Å². The van der Waals surface area contributed by atoms with Crippen LogP contribution in [-0.4, -0.2) is 38.2 Å². The Morgan fingerprint density at radius 3 is 2.82 bits per heavy atom. The van der Waals surface area contributed by atoms with Crippen LogP contribution < -0.4 is 21.9 Å². The Morgan fingerprint density at radius 1 is 1.24 bits per heavy atom. The van der Waals surface area contributed by atoms with Crippen molar-refractivity contribution >= 4 is 50.7 Å². The average Bonchev–Trinajstić information content (AvgIpc) is 3.42. The number of nitrogens with zero attached hydrogens (tertiary/aromatic N) is 4. The summed E-state index contributed by atoms with van der Waals surface area (Å²) in [4.78, 5) is 52.6. The molecule has 34 heavy (non-hydrogen) atoms. The van der Waals surface area contributed by atoms with Gasteiger partial charge in [-0.3, -0.25) is 19.1 Å². The summed E-state index contributed by atoms with van der Waals surface area (Å²) >= 11 is 3.01. The fourth-order valence-corrected chi connectivity index (χ4v) is 6.42. The van der Waals surface area contributed by atoms with Crippen LogP contribution in [0.4, 0.5) is 11.5 Å². The minimum atomic E-state index is -0.701. The molecule has 0 bridgehead atoms. The first kappa shape index (κ1) is 22.4.